The lowest BCUT2D eigenvalue weighted by atomic mass is 10.3. The number of carbonyl (C=O) groups excluding carboxylic acids is 1. The highest BCUT2D eigenvalue weighted by Crippen LogP contribution is 2.24. The molecule has 6 nitrogen and oxygen atoms in total. The van der Waals surface area contributed by atoms with E-state index in [9.17, 15) is 4.79 Å². The second kappa shape index (κ2) is 6.08. The number of para-hydroxylation sites is 1. The summed E-state index contributed by atoms with van der Waals surface area (Å²) in [5, 5.41) is 7.94. The zero-order chi connectivity index (χ0) is 15.5. The molecule has 0 radical (unpaired) electrons. The third-order valence-electron chi connectivity index (χ3n) is 3.13. The van der Waals surface area contributed by atoms with Crippen LogP contribution >= 0.6 is 11.3 Å². The average molecular weight is 314 g/mol. The summed E-state index contributed by atoms with van der Waals surface area (Å²) < 4.78 is 1.78. The Morgan fingerprint density at radius 1 is 1.32 bits per heavy atom. The molecular formula is C15H14N4O2S. The van der Waals surface area contributed by atoms with Gasteiger partial charge in [0.05, 0.1) is 19.0 Å². The van der Waals surface area contributed by atoms with E-state index in [1.54, 1.807) is 23.3 Å². The number of benzene rings is 1. The molecule has 2 aromatic heterocycles. The number of hydroxylamine groups is 2. The monoisotopic (exact) mass is 314 g/mol. The highest BCUT2D eigenvalue weighted by Gasteiger charge is 2.16. The Morgan fingerprint density at radius 2 is 2.09 bits per heavy atom. The summed E-state index contributed by atoms with van der Waals surface area (Å²) in [6.45, 7) is 0. The summed E-state index contributed by atoms with van der Waals surface area (Å²) >= 11 is 1.40. The van der Waals surface area contributed by atoms with Crippen LogP contribution in [-0.2, 0) is 4.84 Å². The SMILES string of the molecule is CON(C)C(=O)c1csc(-c2cnn(-c3ccccc3)c2)n1. The first kappa shape index (κ1) is 14.4. The van der Waals surface area contributed by atoms with Gasteiger partial charge in [0.1, 0.15) is 10.7 Å². The van der Waals surface area contributed by atoms with E-state index in [-0.39, 0.29) is 5.91 Å². The molecule has 0 aliphatic heterocycles. The van der Waals surface area contributed by atoms with Gasteiger partial charge in [0.15, 0.2) is 0 Å². The van der Waals surface area contributed by atoms with Gasteiger partial charge in [-0.25, -0.2) is 14.7 Å². The van der Waals surface area contributed by atoms with E-state index in [0.29, 0.717) is 5.69 Å². The van der Waals surface area contributed by atoms with Gasteiger partial charge in [-0.1, -0.05) is 18.2 Å². The number of amides is 1. The van der Waals surface area contributed by atoms with Crippen molar-refractivity contribution < 1.29 is 9.63 Å². The topological polar surface area (TPSA) is 60.2 Å². The summed E-state index contributed by atoms with van der Waals surface area (Å²) in [6.07, 6.45) is 3.63. The highest BCUT2D eigenvalue weighted by molar-refractivity contribution is 7.13. The third kappa shape index (κ3) is 2.76. The van der Waals surface area contributed by atoms with Gasteiger partial charge in [-0.2, -0.15) is 5.10 Å². The average Bonchev–Trinajstić information content (AvgIpc) is 3.23. The number of hydrogen-bond donors (Lipinski definition) is 0. The summed E-state index contributed by atoms with van der Waals surface area (Å²) in [7, 11) is 2.99. The van der Waals surface area contributed by atoms with Gasteiger partial charge in [-0.3, -0.25) is 9.63 Å². The number of carbonyl (C=O) groups is 1. The normalized spacial score (nSPS) is 10.6. The lowest BCUT2D eigenvalue weighted by Gasteiger charge is -2.10. The number of hydrogen-bond acceptors (Lipinski definition) is 5. The van der Waals surface area contributed by atoms with Crippen LogP contribution in [-0.4, -0.2) is 39.9 Å². The fourth-order valence-electron chi connectivity index (χ4n) is 1.90. The first-order valence-electron chi connectivity index (χ1n) is 6.57. The van der Waals surface area contributed by atoms with Gasteiger partial charge in [0, 0.05) is 24.2 Å². The van der Waals surface area contributed by atoms with E-state index in [0.717, 1.165) is 21.3 Å². The molecule has 0 unspecified atom stereocenters. The van der Waals surface area contributed by atoms with Gasteiger partial charge in [-0.15, -0.1) is 11.3 Å². The fourth-order valence-corrected chi connectivity index (χ4v) is 2.67. The standard InChI is InChI=1S/C15H14N4O2S/c1-18(21-2)15(20)13-10-22-14(17-13)11-8-16-19(9-11)12-6-4-3-5-7-12/h3-10H,1-2H3. The fraction of sp³-hybridized carbons (Fsp3) is 0.133. The lowest BCUT2D eigenvalue weighted by Crippen LogP contribution is -2.25. The van der Waals surface area contributed by atoms with Crippen LogP contribution in [0.3, 0.4) is 0 Å². The molecule has 7 heteroatoms. The summed E-state index contributed by atoms with van der Waals surface area (Å²) in [5.74, 6) is -0.277. The Hall–Kier alpha value is -2.51. The van der Waals surface area contributed by atoms with E-state index in [1.807, 2.05) is 36.5 Å². The molecule has 0 saturated heterocycles. The van der Waals surface area contributed by atoms with E-state index in [1.165, 1.54) is 18.4 Å². The van der Waals surface area contributed by atoms with Crippen molar-refractivity contribution in [3.05, 3.63) is 53.8 Å². The van der Waals surface area contributed by atoms with Crippen LogP contribution in [0, 0.1) is 0 Å². The molecule has 2 heterocycles. The quantitative estimate of drug-likeness (QED) is 0.695. The third-order valence-corrected chi connectivity index (χ3v) is 4.02. The van der Waals surface area contributed by atoms with Gasteiger partial charge >= 0.3 is 0 Å². The van der Waals surface area contributed by atoms with Crippen molar-refractivity contribution in [3.63, 3.8) is 0 Å². The minimum absolute atomic E-state index is 0.277. The van der Waals surface area contributed by atoms with Crippen LogP contribution in [0.25, 0.3) is 16.3 Å². The molecule has 0 spiro atoms. The summed E-state index contributed by atoms with van der Waals surface area (Å²) in [4.78, 5) is 21.2. The molecule has 112 valence electrons. The van der Waals surface area contributed by atoms with Crippen LogP contribution in [0.5, 0.6) is 0 Å². The van der Waals surface area contributed by atoms with Crippen LogP contribution in [0.2, 0.25) is 0 Å². The smallest absolute Gasteiger partial charge is 0.274 e. The Balaban J connectivity index is 1.86. The van der Waals surface area contributed by atoms with Crippen LogP contribution < -0.4 is 0 Å². The second-order valence-electron chi connectivity index (χ2n) is 4.53. The molecule has 0 bridgehead atoms. The van der Waals surface area contributed by atoms with Gasteiger partial charge in [0.25, 0.3) is 5.91 Å². The predicted octanol–water partition coefficient (Wildman–Crippen LogP) is 2.63. The Bertz CT molecular complexity index is 782. The highest BCUT2D eigenvalue weighted by atomic mass is 32.1. The number of nitrogens with zero attached hydrogens (tertiary/aromatic N) is 4. The second-order valence-corrected chi connectivity index (χ2v) is 5.39. The van der Waals surface area contributed by atoms with E-state index in [2.05, 4.69) is 10.1 Å². The molecule has 0 saturated carbocycles. The molecule has 0 atom stereocenters. The van der Waals surface area contributed by atoms with Crippen molar-refractivity contribution in [2.75, 3.05) is 14.2 Å². The number of aromatic nitrogens is 3. The summed E-state index contributed by atoms with van der Waals surface area (Å²) in [6, 6.07) is 9.82. The largest absolute Gasteiger partial charge is 0.296 e. The molecule has 22 heavy (non-hydrogen) atoms. The van der Waals surface area contributed by atoms with E-state index >= 15 is 0 Å². The lowest BCUT2D eigenvalue weighted by molar-refractivity contribution is -0.0760. The molecule has 0 aliphatic carbocycles. The first-order chi connectivity index (χ1) is 10.7. The van der Waals surface area contributed by atoms with Crippen LogP contribution in [0.15, 0.2) is 48.1 Å². The molecule has 3 aromatic rings. The maximum atomic E-state index is 12.0. The number of rotatable bonds is 4. The first-order valence-corrected chi connectivity index (χ1v) is 7.45. The molecule has 0 fully saturated rings. The maximum Gasteiger partial charge on any atom is 0.296 e. The molecule has 0 aliphatic rings. The molecule has 0 N–H and O–H groups in total. The predicted molar refractivity (Wildman–Crippen MR) is 83.8 cm³/mol. The minimum Gasteiger partial charge on any atom is -0.274 e. The zero-order valence-corrected chi connectivity index (χ0v) is 12.9. The van der Waals surface area contributed by atoms with Crippen molar-refractivity contribution >= 4 is 17.2 Å². The molecule has 3 rings (SSSR count). The van der Waals surface area contributed by atoms with Gasteiger partial charge < -0.3 is 0 Å². The molecule has 1 aromatic carbocycles. The van der Waals surface area contributed by atoms with Crippen molar-refractivity contribution in [2.24, 2.45) is 0 Å². The van der Waals surface area contributed by atoms with Gasteiger partial charge in [-0.05, 0) is 12.1 Å². The summed E-state index contributed by atoms with van der Waals surface area (Å²) in [5.41, 5.74) is 2.20. The Labute approximate surface area is 131 Å². The molecular weight excluding hydrogens is 300 g/mol. The Morgan fingerprint density at radius 3 is 2.82 bits per heavy atom. The van der Waals surface area contributed by atoms with Gasteiger partial charge in [0.2, 0.25) is 0 Å². The van der Waals surface area contributed by atoms with Crippen LogP contribution in [0.1, 0.15) is 10.5 Å². The Kier molecular flexibility index (Phi) is 3.99. The van der Waals surface area contributed by atoms with Crippen molar-refractivity contribution in [1.29, 1.82) is 0 Å². The van der Waals surface area contributed by atoms with Crippen molar-refractivity contribution in [2.45, 2.75) is 0 Å². The maximum absolute atomic E-state index is 12.0. The van der Waals surface area contributed by atoms with E-state index < -0.39 is 0 Å². The van der Waals surface area contributed by atoms with E-state index in [4.69, 9.17) is 4.84 Å². The van der Waals surface area contributed by atoms with Crippen LogP contribution in [0.4, 0.5) is 0 Å². The minimum atomic E-state index is -0.277. The molecule has 1 amide bonds. The number of thiazole rings is 1. The zero-order valence-electron chi connectivity index (χ0n) is 12.1. The van der Waals surface area contributed by atoms with Crippen molar-refractivity contribution in [1.82, 2.24) is 19.8 Å². The van der Waals surface area contributed by atoms with Crippen molar-refractivity contribution in [3.8, 4) is 16.3 Å².